The molecule has 0 aromatic carbocycles. The topological polar surface area (TPSA) is 131 Å². The molecule has 33 heavy (non-hydrogen) atoms. The molecule has 2 N–H and O–H groups in total. The molecule has 3 aromatic rings. The van der Waals surface area contributed by atoms with E-state index in [1.165, 1.54) is 23.4 Å². The largest absolute Gasteiger partial charge is 0.361 e. The molecule has 11 nitrogen and oxygen atoms in total. The van der Waals surface area contributed by atoms with Gasteiger partial charge in [0.25, 0.3) is 0 Å². The highest BCUT2D eigenvalue weighted by atomic mass is 16.2. The normalized spacial score (nSPS) is 18.5. The van der Waals surface area contributed by atoms with Gasteiger partial charge in [-0.3, -0.25) is 9.59 Å². The third-order valence-corrected chi connectivity index (χ3v) is 5.93. The monoisotopic (exact) mass is 450 g/mol. The lowest BCUT2D eigenvalue weighted by molar-refractivity contribution is -0.117. The number of carbonyl (C=O) groups excluding carboxylic acids is 2. The van der Waals surface area contributed by atoms with Gasteiger partial charge in [-0.25, -0.2) is 15.0 Å². The highest BCUT2D eigenvalue weighted by Gasteiger charge is 2.34. The number of nitrogens with zero attached hydrogens (tertiary/aromatic N) is 7. The van der Waals surface area contributed by atoms with Crippen molar-refractivity contribution in [3.63, 3.8) is 0 Å². The van der Waals surface area contributed by atoms with E-state index in [1.807, 2.05) is 18.9 Å². The van der Waals surface area contributed by atoms with Crippen molar-refractivity contribution in [2.75, 3.05) is 22.6 Å². The fraction of sp³-hybridized carbons (Fsp3) is 0.409. The summed E-state index contributed by atoms with van der Waals surface area (Å²) in [6.07, 6.45) is 3.66. The van der Waals surface area contributed by atoms with Crippen molar-refractivity contribution in [3.8, 4) is 11.4 Å². The fourth-order valence-corrected chi connectivity index (χ4v) is 3.87. The maximum Gasteiger partial charge on any atom is 0.228 e. The third-order valence-electron chi connectivity index (χ3n) is 5.93. The van der Waals surface area contributed by atoms with Gasteiger partial charge in [0.15, 0.2) is 11.6 Å². The molecule has 11 heteroatoms. The predicted molar refractivity (Wildman–Crippen MR) is 122 cm³/mol. The van der Waals surface area contributed by atoms with E-state index in [4.69, 9.17) is 4.11 Å². The first kappa shape index (κ1) is 17.6. The van der Waals surface area contributed by atoms with E-state index in [0.29, 0.717) is 22.9 Å². The summed E-state index contributed by atoms with van der Waals surface area (Å²) < 4.78 is 22.5. The van der Waals surface area contributed by atoms with Crippen LogP contribution in [0.1, 0.15) is 59.2 Å². The number of pyridine rings is 1. The van der Waals surface area contributed by atoms with Crippen LogP contribution in [0.25, 0.3) is 11.4 Å². The molecule has 2 aliphatic rings. The minimum Gasteiger partial charge on any atom is -0.361 e. The molecule has 1 saturated carbocycles. The summed E-state index contributed by atoms with van der Waals surface area (Å²) in [5.41, 5.74) is 2.98. The molecule has 1 aliphatic heterocycles. The maximum absolute atomic E-state index is 12.9. The zero-order chi connectivity index (χ0) is 25.8. The van der Waals surface area contributed by atoms with Gasteiger partial charge in [0.1, 0.15) is 34.9 Å². The number of fused-ring (bicyclic) bond motifs is 3. The number of hydrogen-bond acceptors (Lipinski definition) is 9. The Labute approximate surface area is 194 Å². The number of hydrogen-bond donors (Lipinski definition) is 2. The Hall–Kier alpha value is -3.89. The second kappa shape index (κ2) is 7.91. The minimum atomic E-state index is -2.45. The van der Waals surface area contributed by atoms with Gasteiger partial charge >= 0.3 is 0 Å². The first-order valence-corrected chi connectivity index (χ1v) is 10.6. The highest BCUT2D eigenvalue weighted by molar-refractivity contribution is 6.03. The van der Waals surface area contributed by atoms with Gasteiger partial charge < -0.3 is 15.5 Å². The molecule has 170 valence electrons. The lowest BCUT2D eigenvalue weighted by Crippen LogP contribution is -2.28. The van der Waals surface area contributed by atoms with E-state index in [2.05, 4.69) is 35.8 Å². The summed E-state index contributed by atoms with van der Waals surface area (Å²) in [6.45, 7) is -0.463. The van der Waals surface area contributed by atoms with E-state index < -0.39 is 19.1 Å². The molecule has 1 amide bonds. The molecule has 1 fully saturated rings. The molecular formula is C22H25N9O2. The van der Waals surface area contributed by atoms with Crippen LogP contribution in [0.2, 0.25) is 0 Å². The van der Waals surface area contributed by atoms with Crippen LogP contribution in [0.15, 0.2) is 18.6 Å². The van der Waals surface area contributed by atoms with Crippen LogP contribution < -0.4 is 15.5 Å². The lowest BCUT2D eigenvalue weighted by Gasteiger charge is -2.32. The molecule has 0 bridgehead atoms. The molecule has 4 heterocycles. The van der Waals surface area contributed by atoms with Gasteiger partial charge in [-0.15, -0.1) is 0 Å². The summed E-state index contributed by atoms with van der Waals surface area (Å²) >= 11 is 0. The summed E-state index contributed by atoms with van der Waals surface area (Å²) in [7, 11) is 3.62. The molecule has 0 spiro atoms. The van der Waals surface area contributed by atoms with E-state index >= 15 is 0 Å². The Morgan fingerprint density at radius 2 is 2.00 bits per heavy atom. The molecule has 5 rings (SSSR count). The van der Waals surface area contributed by atoms with Crippen molar-refractivity contribution in [1.82, 2.24) is 29.9 Å². The highest BCUT2D eigenvalue weighted by Crippen LogP contribution is 2.44. The van der Waals surface area contributed by atoms with Gasteiger partial charge in [-0.2, -0.15) is 15.0 Å². The van der Waals surface area contributed by atoms with Crippen molar-refractivity contribution in [2.45, 2.75) is 39.1 Å². The Bertz CT molecular complexity index is 1370. The zero-order valence-corrected chi connectivity index (χ0v) is 18.5. The standard InChI is InChI=1S/C22H25N9O2/c1-5-15(32)13-9-23-16(27-22(33)12-6-7-12)8-14(13)26-21-20-19(24-10-25-21)18-17(11(2)30(20)3)28-31(4)29-18/h8-12H,5-7H2,1-4H3,(H2,23,24,25,26,27,33)/t11-/m1/s1/i1D3. The van der Waals surface area contributed by atoms with E-state index in [0.717, 1.165) is 18.5 Å². The molecule has 1 atom stereocenters. The first-order valence-electron chi connectivity index (χ1n) is 12.1. The molecule has 3 aromatic heterocycles. The Morgan fingerprint density at radius 3 is 2.76 bits per heavy atom. The maximum atomic E-state index is 12.9. The van der Waals surface area contributed by atoms with Gasteiger partial charge in [0.2, 0.25) is 5.91 Å². The van der Waals surface area contributed by atoms with Crippen LogP contribution in [-0.2, 0) is 11.8 Å². The van der Waals surface area contributed by atoms with Crippen LogP contribution in [-0.4, -0.2) is 48.7 Å². The SMILES string of the molecule is [2H]C([2H])([2H])CC(=O)c1cnc(NC(=O)C2CC2)cc1Nc1ncnc2c1N(C)[C@H](C)c1nn(C)nc1-2. The van der Waals surface area contributed by atoms with Crippen molar-refractivity contribution >= 4 is 34.7 Å². The van der Waals surface area contributed by atoms with Crippen LogP contribution >= 0.6 is 0 Å². The molecule has 0 radical (unpaired) electrons. The summed E-state index contributed by atoms with van der Waals surface area (Å²) in [5, 5.41) is 14.9. The number of anilines is 4. The molecule has 1 aliphatic carbocycles. The third kappa shape index (κ3) is 3.69. The van der Waals surface area contributed by atoms with Gasteiger partial charge in [0.05, 0.1) is 17.3 Å². The summed E-state index contributed by atoms with van der Waals surface area (Å²) in [6, 6.07) is 1.39. The zero-order valence-electron chi connectivity index (χ0n) is 21.5. The van der Waals surface area contributed by atoms with Crippen molar-refractivity contribution in [3.05, 3.63) is 29.8 Å². The number of carbonyl (C=O) groups is 2. The van der Waals surface area contributed by atoms with Gasteiger partial charge in [0, 0.05) is 42.8 Å². The average Bonchev–Trinajstić information content (AvgIpc) is 3.58. The van der Waals surface area contributed by atoms with E-state index in [-0.39, 0.29) is 34.9 Å². The molecule has 0 saturated heterocycles. The quantitative estimate of drug-likeness (QED) is 0.544. The van der Waals surface area contributed by atoms with E-state index in [9.17, 15) is 9.59 Å². The number of nitrogens with one attached hydrogen (secondary N) is 2. The van der Waals surface area contributed by atoms with E-state index in [1.54, 1.807) is 7.05 Å². The minimum absolute atomic E-state index is 0.0368. The van der Waals surface area contributed by atoms with Crippen molar-refractivity contribution < 1.29 is 13.7 Å². The number of amides is 1. The average molecular weight is 451 g/mol. The van der Waals surface area contributed by atoms with Crippen LogP contribution in [0.5, 0.6) is 0 Å². The van der Waals surface area contributed by atoms with Crippen LogP contribution in [0.3, 0.4) is 0 Å². The number of aryl methyl sites for hydroxylation is 1. The first-order chi connectivity index (χ1) is 17.0. The number of ketones is 1. The Kier molecular flexibility index (Phi) is 4.23. The lowest BCUT2D eigenvalue weighted by atomic mass is 10.0. The fourth-order valence-electron chi connectivity index (χ4n) is 3.87. The second-order valence-electron chi connectivity index (χ2n) is 8.23. The van der Waals surface area contributed by atoms with Gasteiger partial charge in [-0.05, 0) is 19.8 Å². The van der Waals surface area contributed by atoms with Crippen molar-refractivity contribution in [1.29, 1.82) is 0 Å². The van der Waals surface area contributed by atoms with Crippen LogP contribution in [0, 0.1) is 5.92 Å². The number of Topliss-reactive ketones (excluding diaryl/α,β-unsaturated/α-hetero) is 1. The molecular weight excluding hydrogens is 422 g/mol. The van der Waals surface area contributed by atoms with Gasteiger partial charge in [-0.1, -0.05) is 6.85 Å². The number of aromatic nitrogens is 6. The summed E-state index contributed by atoms with van der Waals surface area (Å²) in [5.74, 6) is -0.144. The summed E-state index contributed by atoms with van der Waals surface area (Å²) in [4.78, 5) is 41.7. The smallest absolute Gasteiger partial charge is 0.228 e. The van der Waals surface area contributed by atoms with Crippen LogP contribution in [0.4, 0.5) is 23.0 Å². The Balaban J connectivity index is 1.56. The number of rotatable bonds is 6. The Morgan fingerprint density at radius 1 is 1.18 bits per heavy atom. The van der Waals surface area contributed by atoms with Crippen molar-refractivity contribution in [2.24, 2.45) is 13.0 Å². The molecule has 0 unspecified atom stereocenters. The predicted octanol–water partition coefficient (Wildman–Crippen LogP) is 2.86. The second-order valence-corrected chi connectivity index (χ2v) is 8.23.